The fourth-order valence-electron chi connectivity index (χ4n) is 5.19. The van der Waals surface area contributed by atoms with Crippen molar-refractivity contribution in [1.29, 1.82) is 0 Å². The Hall–Kier alpha value is -1.94. The molecule has 33 heavy (non-hydrogen) atoms. The first-order chi connectivity index (χ1) is 15.9. The third-order valence-electron chi connectivity index (χ3n) is 6.92. The van der Waals surface area contributed by atoms with Crippen molar-refractivity contribution >= 4 is 23.4 Å². The number of carbonyl (C=O) groups is 2. The zero-order chi connectivity index (χ0) is 23.4. The van der Waals surface area contributed by atoms with Crippen molar-refractivity contribution in [3.63, 3.8) is 0 Å². The molecular formula is C23H32ClFN4O4. The molecule has 2 bridgehead atoms. The molecule has 1 heterocycles. The Bertz CT molecular complexity index is 859. The smallest absolute Gasteiger partial charge is 0.258 e. The van der Waals surface area contributed by atoms with Gasteiger partial charge in [-0.25, -0.2) is 4.39 Å². The Balaban J connectivity index is 1.17. The van der Waals surface area contributed by atoms with Crippen LogP contribution in [-0.4, -0.2) is 68.9 Å². The van der Waals surface area contributed by atoms with E-state index in [9.17, 15) is 14.0 Å². The lowest BCUT2D eigenvalue weighted by molar-refractivity contribution is -0.126. The summed E-state index contributed by atoms with van der Waals surface area (Å²) in [5, 5.41) is 13.0. The average Bonchev–Trinajstić information content (AvgIpc) is 3.28. The fourth-order valence-corrected chi connectivity index (χ4v) is 5.31. The van der Waals surface area contributed by atoms with Crippen LogP contribution in [0.25, 0.3) is 0 Å². The lowest BCUT2D eigenvalue weighted by Gasteiger charge is -2.41. The number of rotatable bonds is 10. The van der Waals surface area contributed by atoms with E-state index in [1.54, 1.807) is 7.11 Å². The van der Waals surface area contributed by atoms with Crippen molar-refractivity contribution in [1.82, 2.24) is 21.3 Å². The van der Waals surface area contributed by atoms with Gasteiger partial charge in [0.05, 0.1) is 11.1 Å². The van der Waals surface area contributed by atoms with E-state index in [2.05, 4.69) is 21.3 Å². The first-order valence-corrected chi connectivity index (χ1v) is 11.9. The van der Waals surface area contributed by atoms with Gasteiger partial charge in [-0.1, -0.05) is 11.6 Å². The highest BCUT2D eigenvalue weighted by Gasteiger charge is 2.57. The van der Waals surface area contributed by atoms with E-state index in [0.29, 0.717) is 24.9 Å². The maximum atomic E-state index is 13.5. The minimum atomic E-state index is -0.590. The number of ether oxygens (including phenoxy) is 2. The standard InChI is InChI=1S/C23H32ClFN4O4/c1-32-6-2-3-15-11-27-20(12-26-15)22(31)29-23-8-14(9-23)19(10-23)28-21(30)13-33-16-4-5-17(24)18(25)7-16/h4-5,7,14-15,19-20,26-27H,2-3,6,8-13H2,1H3,(H,28,30)(H,29,31)/t14?,15?,19-,20?,23?/m0/s1. The predicted molar refractivity (Wildman–Crippen MR) is 122 cm³/mol. The molecule has 0 radical (unpaired) electrons. The second-order valence-electron chi connectivity index (χ2n) is 9.38. The van der Waals surface area contributed by atoms with Crippen molar-refractivity contribution < 1.29 is 23.5 Å². The van der Waals surface area contributed by atoms with Gasteiger partial charge in [0.2, 0.25) is 5.91 Å². The number of hydrogen-bond donors (Lipinski definition) is 4. The summed E-state index contributed by atoms with van der Waals surface area (Å²) >= 11 is 5.65. The van der Waals surface area contributed by atoms with Gasteiger partial charge >= 0.3 is 0 Å². The van der Waals surface area contributed by atoms with Crippen LogP contribution in [0.2, 0.25) is 5.02 Å². The normalized spacial score (nSPS) is 30.4. The van der Waals surface area contributed by atoms with Gasteiger partial charge in [0.15, 0.2) is 6.61 Å². The number of carbonyl (C=O) groups excluding carboxylic acids is 2. The molecule has 1 saturated heterocycles. The zero-order valence-corrected chi connectivity index (χ0v) is 19.6. The van der Waals surface area contributed by atoms with Crippen LogP contribution in [0.3, 0.4) is 0 Å². The molecule has 8 nitrogen and oxygen atoms in total. The Kier molecular flexibility index (Phi) is 7.73. The lowest BCUT2D eigenvalue weighted by Crippen LogP contribution is -2.63. The molecule has 10 heteroatoms. The Labute approximate surface area is 198 Å². The third-order valence-corrected chi connectivity index (χ3v) is 7.23. The number of halogens is 2. The number of amides is 2. The molecule has 0 aromatic heterocycles. The first kappa shape index (κ1) is 24.2. The molecule has 3 saturated carbocycles. The van der Waals surface area contributed by atoms with Gasteiger partial charge in [-0.2, -0.15) is 0 Å². The van der Waals surface area contributed by atoms with Gasteiger partial charge in [-0.15, -0.1) is 0 Å². The molecule has 1 aromatic rings. The monoisotopic (exact) mass is 482 g/mol. The SMILES string of the molecule is COCCCC1CNC(C(=O)NC23CC(C2)[C@@H](NC(=O)COc2ccc(Cl)c(F)c2)C3)CN1. The van der Waals surface area contributed by atoms with Crippen LogP contribution in [0.4, 0.5) is 4.39 Å². The molecule has 3 aliphatic carbocycles. The van der Waals surface area contributed by atoms with Crippen molar-refractivity contribution in [2.75, 3.05) is 33.4 Å². The van der Waals surface area contributed by atoms with E-state index >= 15 is 0 Å². The highest BCUT2D eigenvalue weighted by atomic mass is 35.5. The topological polar surface area (TPSA) is 101 Å². The summed E-state index contributed by atoms with van der Waals surface area (Å²) in [4.78, 5) is 25.1. The molecule has 182 valence electrons. The summed E-state index contributed by atoms with van der Waals surface area (Å²) in [7, 11) is 1.70. The average molecular weight is 483 g/mol. The summed E-state index contributed by atoms with van der Waals surface area (Å²) in [5.74, 6) is -0.239. The van der Waals surface area contributed by atoms with Crippen molar-refractivity contribution in [3.8, 4) is 5.75 Å². The summed E-state index contributed by atoms with van der Waals surface area (Å²) in [6.45, 7) is 1.90. The molecule has 4 N–H and O–H groups in total. The number of methoxy groups -OCH3 is 1. The Morgan fingerprint density at radius 1 is 1.24 bits per heavy atom. The molecular weight excluding hydrogens is 451 g/mol. The van der Waals surface area contributed by atoms with Gasteiger partial charge in [-0.05, 0) is 50.2 Å². The van der Waals surface area contributed by atoms with Crippen LogP contribution in [0.15, 0.2) is 18.2 Å². The second kappa shape index (κ2) is 10.5. The number of fused-ring (bicyclic) bond motifs is 1. The van der Waals surface area contributed by atoms with E-state index in [1.807, 2.05) is 0 Å². The minimum Gasteiger partial charge on any atom is -0.484 e. The van der Waals surface area contributed by atoms with Gasteiger partial charge in [-0.3, -0.25) is 9.59 Å². The van der Waals surface area contributed by atoms with Gasteiger partial charge in [0, 0.05) is 50.5 Å². The second-order valence-corrected chi connectivity index (χ2v) is 9.79. The van der Waals surface area contributed by atoms with E-state index in [4.69, 9.17) is 21.1 Å². The first-order valence-electron chi connectivity index (χ1n) is 11.5. The Morgan fingerprint density at radius 2 is 2.06 bits per heavy atom. The summed E-state index contributed by atoms with van der Waals surface area (Å²) in [6, 6.07) is 4.17. The lowest BCUT2D eigenvalue weighted by atomic mass is 9.76. The summed E-state index contributed by atoms with van der Waals surface area (Å²) in [6.07, 6.45) is 4.45. The van der Waals surface area contributed by atoms with Gasteiger partial charge in [0.1, 0.15) is 11.6 Å². The van der Waals surface area contributed by atoms with Crippen molar-refractivity contribution in [3.05, 3.63) is 29.0 Å². The molecule has 0 spiro atoms. The maximum Gasteiger partial charge on any atom is 0.258 e. The van der Waals surface area contributed by atoms with Gasteiger partial charge < -0.3 is 30.7 Å². The largest absolute Gasteiger partial charge is 0.484 e. The molecule has 2 unspecified atom stereocenters. The predicted octanol–water partition coefficient (Wildman–Crippen LogP) is 1.37. The fraction of sp³-hybridized carbons (Fsp3) is 0.652. The maximum absolute atomic E-state index is 13.5. The third kappa shape index (κ3) is 5.95. The van der Waals surface area contributed by atoms with Crippen LogP contribution in [-0.2, 0) is 14.3 Å². The highest BCUT2D eigenvalue weighted by Crippen LogP contribution is 2.52. The molecule has 4 aliphatic rings. The summed E-state index contributed by atoms with van der Waals surface area (Å²) in [5.41, 5.74) is -0.239. The molecule has 2 amide bonds. The van der Waals surface area contributed by atoms with Crippen molar-refractivity contribution in [2.24, 2.45) is 5.92 Å². The number of nitrogens with one attached hydrogen (secondary N) is 4. The highest BCUT2D eigenvalue weighted by molar-refractivity contribution is 6.30. The van der Waals surface area contributed by atoms with E-state index in [-0.39, 0.29) is 46.8 Å². The van der Waals surface area contributed by atoms with Crippen molar-refractivity contribution in [2.45, 2.75) is 55.8 Å². The van der Waals surface area contributed by atoms with Crippen LogP contribution in [0, 0.1) is 11.7 Å². The number of benzene rings is 1. The van der Waals surface area contributed by atoms with E-state index in [1.165, 1.54) is 12.1 Å². The summed E-state index contributed by atoms with van der Waals surface area (Å²) < 4.78 is 24.0. The molecule has 4 fully saturated rings. The zero-order valence-electron chi connectivity index (χ0n) is 18.8. The van der Waals surface area contributed by atoms with Crippen LogP contribution in [0.5, 0.6) is 5.75 Å². The molecule has 1 aromatic carbocycles. The van der Waals surface area contributed by atoms with Crippen LogP contribution < -0.4 is 26.0 Å². The minimum absolute atomic E-state index is 0.00552. The molecule has 1 aliphatic heterocycles. The molecule has 3 atom stereocenters. The molecule has 5 rings (SSSR count). The van der Waals surface area contributed by atoms with Gasteiger partial charge in [0.25, 0.3) is 5.91 Å². The van der Waals surface area contributed by atoms with Crippen LogP contribution in [0.1, 0.15) is 32.1 Å². The van der Waals surface area contributed by atoms with Crippen LogP contribution >= 0.6 is 11.6 Å². The Morgan fingerprint density at radius 3 is 2.76 bits per heavy atom. The van der Waals surface area contributed by atoms with E-state index in [0.717, 1.165) is 44.9 Å². The van der Waals surface area contributed by atoms with E-state index < -0.39 is 5.82 Å². The number of piperazine rings is 1. The number of hydrogen-bond acceptors (Lipinski definition) is 6. The quantitative estimate of drug-likeness (QED) is 0.376.